The van der Waals surface area contributed by atoms with Crippen molar-refractivity contribution in [2.75, 3.05) is 33.2 Å². The monoisotopic (exact) mass is 299 g/mol. The second-order valence-corrected chi connectivity index (χ2v) is 6.08. The van der Waals surface area contributed by atoms with Crippen LogP contribution in [0.1, 0.15) is 16.9 Å². The van der Waals surface area contributed by atoms with E-state index in [-0.39, 0.29) is 0 Å². The molecule has 3 rings (SSSR count). The fourth-order valence-corrected chi connectivity index (χ4v) is 2.77. The van der Waals surface area contributed by atoms with Gasteiger partial charge in [-0.25, -0.2) is 0 Å². The van der Waals surface area contributed by atoms with Crippen LogP contribution in [-0.4, -0.2) is 43.0 Å². The molecule has 0 spiro atoms. The predicted molar refractivity (Wildman–Crippen MR) is 88.5 cm³/mol. The van der Waals surface area contributed by atoms with Crippen LogP contribution in [0.25, 0.3) is 0 Å². The Morgan fingerprint density at radius 3 is 2.36 bits per heavy atom. The number of rotatable bonds is 6. The molecule has 0 unspecified atom stereocenters. The molecule has 1 aromatic carbocycles. The van der Waals surface area contributed by atoms with Gasteiger partial charge in [-0.2, -0.15) is 0 Å². The Morgan fingerprint density at radius 2 is 1.68 bits per heavy atom. The first-order valence-electron chi connectivity index (χ1n) is 8.01. The Bertz CT molecular complexity index is 542. The molecule has 0 atom stereocenters. The van der Waals surface area contributed by atoms with Gasteiger partial charge in [0.15, 0.2) is 0 Å². The van der Waals surface area contributed by atoms with Crippen LogP contribution in [0, 0.1) is 0 Å². The summed E-state index contributed by atoms with van der Waals surface area (Å²) < 4.78 is 5.31. The lowest BCUT2D eigenvalue weighted by molar-refractivity contribution is 0.148. The topological polar surface area (TPSA) is 31.6 Å². The molecule has 22 heavy (non-hydrogen) atoms. The molecule has 118 valence electrons. The highest BCUT2D eigenvalue weighted by Crippen LogP contribution is 2.10. The van der Waals surface area contributed by atoms with E-state index in [0.717, 1.165) is 25.4 Å². The molecule has 1 N–H and O–H groups in total. The first-order chi connectivity index (χ1) is 10.8. The SMILES string of the molecule is CN1CCN(Cc2ccc(CNCc3ccco3)cc2)CC1. The minimum atomic E-state index is 0.774. The third-order valence-corrected chi connectivity index (χ3v) is 4.23. The largest absolute Gasteiger partial charge is 0.468 e. The first-order valence-corrected chi connectivity index (χ1v) is 8.01. The Kier molecular flexibility index (Phi) is 5.27. The predicted octanol–water partition coefficient (Wildman–Crippen LogP) is 2.32. The van der Waals surface area contributed by atoms with Crippen LogP contribution >= 0.6 is 0 Å². The standard InChI is InChI=1S/C18H25N3O/c1-20-8-10-21(11-9-20)15-17-6-4-16(5-7-17)13-19-14-18-3-2-12-22-18/h2-7,12,19H,8-11,13-15H2,1H3. The molecule has 4 heteroatoms. The van der Waals surface area contributed by atoms with Crippen molar-refractivity contribution in [3.05, 3.63) is 59.5 Å². The van der Waals surface area contributed by atoms with Gasteiger partial charge in [0.25, 0.3) is 0 Å². The van der Waals surface area contributed by atoms with E-state index in [1.807, 2.05) is 12.1 Å². The van der Waals surface area contributed by atoms with E-state index in [0.29, 0.717) is 0 Å². The minimum Gasteiger partial charge on any atom is -0.468 e. The van der Waals surface area contributed by atoms with Gasteiger partial charge < -0.3 is 14.6 Å². The fourth-order valence-electron chi connectivity index (χ4n) is 2.77. The van der Waals surface area contributed by atoms with Crippen molar-refractivity contribution in [1.82, 2.24) is 15.1 Å². The van der Waals surface area contributed by atoms with Crippen molar-refractivity contribution < 1.29 is 4.42 Å². The summed E-state index contributed by atoms with van der Waals surface area (Å²) in [5.74, 6) is 0.978. The smallest absolute Gasteiger partial charge is 0.117 e. The van der Waals surface area contributed by atoms with Crippen LogP contribution in [-0.2, 0) is 19.6 Å². The maximum absolute atomic E-state index is 5.31. The average Bonchev–Trinajstić information content (AvgIpc) is 3.05. The lowest BCUT2D eigenvalue weighted by Gasteiger charge is -2.32. The molecule has 2 heterocycles. The van der Waals surface area contributed by atoms with Crippen molar-refractivity contribution in [2.24, 2.45) is 0 Å². The summed E-state index contributed by atoms with van der Waals surface area (Å²) in [6.07, 6.45) is 1.71. The lowest BCUT2D eigenvalue weighted by Crippen LogP contribution is -2.43. The summed E-state index contributed by atoms with van der Waals surface area (Å²) in [5.41, 5.74) is 2.72. The molecular formula is C18H25N3O. The molecule has 1 fully saturated rings. The Balaban J connectivity index is 1.43. The van der Waals surface area contributed by atoms with Gasteiger partial charge in [-0.1, -0.05) is 24.3 Å². The highest BCUT2D eigenvalue weighted by Gasteiger charge is 2.13. The Hall–Kier alpha value is -1.62. The highest BCUT2D eigenvalue weighted by atomic mass is 16.3. The number of piperazine rings is 1. The molecule has 2 aromatic rings. The van der Waals surface area contributed by atoms with Gasteiger partial charge in [0, 0.05) is 39.3 Å². The third kappa shape index (κ3) is 4.44. The Morgan fingerprint density at radius 1 is 0.955 bits per heavy atom. The molecule has 1 aliphatic rings. The zero-order valence-electron chi connectivity index (χ0n) is 13.3. The van der Waals surface area contributed by atoms with Crippen molar-refractivity contribution in [1.29, 1.82) is 0 Å². The van der Waals surface area contributed by atoms with Gasteiger partial charge in [0.2, 0.25) is 0 Å². The number of likely N-dealkylation sites (N-methyl/N-ethyl adjacent to an activating group) is 1. The van der Waals surface area contributed by atoms with Crippen molar-refractivity contribution in [3.63, 3.8) is 0 Å². The van der Waals surface area contributed by atoms with Crippen LogP contribution in [0.4, 0.5) is 0 Å². The van der Waals surface area contributed by atoms with Crippen molar-refractivity contribution >= 4 is 0 Å². The molecule has 0 amide bonds. The van der Waals surface area contributed by atoms with E-state index in [2.05, 4.69) is 46.4 Å². The van der Waals surface area contributed by atoms with Crippen molar-refractivity contribution in [2.45, 2.75) is 19.6 Å². The number of hydrogen-bond donors (Lipinski definition) is 1. The molecule has 4 nitrogen and oxygen atoms in total. The molecule has 1 saturated heterocycles. The van der Waals surface area contributed by atoms with Gasteiger partial charge in [-0.15, -0.1) is 0 Å². The number of nitrogens with one attached hydrogen (secondary N) is 1. The average molecular weight is 299 g/mol. The van der Waals surface area contributed by atoms with Gasteiger partial charge in [-0.3, -0.25) is 4.90 Å². The number of hydrogen-bond acceptors (Lipinski definition) is 4. The first kappa shape index (κ1) is 15.3. The van der Waals surface area contributed by atoms with E-state index < -0.39 is 0 Å². The number of benzene rings is 1. The highest BCUT2D eigenvalue weighted by molar-refractivity contribution is 5.22. The minimum absolute atomic E-state index is 0.774. The van der Waals surface area contributed by atoms with Crippen LogP contribution < -0.4 is 5.32 Å². The van der Waals surface area contributed by atoms with E-state index in [4.69, 9.17) is 4.42 Å². The summed E-state index contributed by atoms with van der Waals surface area (Å²) in [6, 6.07) is 12.9. The van der Waals surface area contributed by atoms with Crippen LogP contribution in [0.15, 0.2) is 47.1 Å². The zero-order chi connectivity index (χ0) is 15.2. The maximum Gasteiger partial charge on any atom is 0.117 e. The summed E-state index contributed by atoms with van der Waals surface area (Å²) in [5, 5.41) is 3.40. The molecule has 0 radical (unpaired) electrons. The quantitative estimate of drug-likeness (QED) is 0.887. The van der Waals surface area contributed by atoms with Gasteiger partial charge >= 0.3 is 0 Å². The van der Waals surface area contributed by atoms with Crippen LogP contribution in [0.3, 0.4) is 0 Å². The Labute approximate surface area is 132 Å². The summed E-state index contributed by atoms with van der Waals surface area (Å²) in [6.45, 7) is 7.40. The molecule has 1 aromatic heterocycles. The molecule has 0 aliphatic carbocycles. The fraction of sp³-hybridized carbons (Fsp3) is 0.444. The molecule has 0 bridgehead atoms. The number of nitrogens with zero attached hydrogens (tertiary/aromatic N) is 2. The van der Waals surface area contributed by atoms with Gasteiger partial charge in [-0.05, 0) is 30.3 Å². The summed E-state index contributed by atoms with van der Waals surface area (Å²) in [7, 11) is 2.20. The van der Waals surface area contributed by atoms with Gasteiger partial charge in [0.1, 0.15) is 5.76 Å². The third-order valence-electron chi connectivity index (χ3n) is 4.23. The molecule has 0 saturated carbocycles. The lowest BCUT2D eigenvalue weighted by atomic mass is 10.1. The second-order valence-electron chi connectivity index (χ2n) is 6.08. The van der Waals surface area contributed by atoms with Gasteiger partial charge in [0.05, 0.1) is 12.8 Å². The van der Waals surface area contributed by atoms with E-state index in [9.17, 15) is 0 Å². The van der Waals surface area contributed by atoms with Crippen molar-refractivity contribution in [3.8, 4) is 0 Å². The summed E-state index contributed by atoms with van der Waals surface area (Å²) >= 11 is 0. The number of furan rings is 1. The summed E-state index contributed by atoms with van der Waals surface area (Å²) in [4.78, 5) is 4.93. The normalized spacial score (nSPS) is 17.0. The van der Waals surface area contributed by atoms with Crippen LogP contribution in [0.5, 0.6) is 0 Å². The molecular weight excluding hydrogens is 274 g/mol. The van der Waals surface area contributed by atoms with E-state index in [1.54, 1.807) is 6.26 Å². The second kappa shape index (κ2) is 7.58. The van der Waals surface area contributed by atoms with E-state index >= 15 is 0 Å². The van der Waals surface area contributed by atoms with E-state index in [1.165, 1.54) is 37.3 Å². The van der Waals surface area contributed by atoms with Crippen LogP contribution in [0.2, 0.25) is 0 Å². The molecule has 1 aliphatic heterocycles. The maximum atomic E-state index is 5.31. The zero-order valence-corrected chi connectivity index (χ0v) is 13.3.